The predicted molar refractivity (Wildman–Crippen MR) is 36.7 cm³/mol. The Hall–Kier alpha value is -0.980. The summed E-state index contributed by atoms with van der Waals surface area (Å²) in [5, 5.41) is 0. The van der Waals surface area contributed by atoms with Crippen LogP contribution in [0.25, 0.3) is 0 Å². The molecule has 1 nitrogen and oxygen atoms in total. The van der Waals surface area contributed by atoms with Crippen molar-refractivity contribution >= 4 is 5.69 Å². The normalized spacial score (nSPS) is 9.12. The topological polar surface area (TPSA) is 26.0 Å². The number of hydrogen-bond acceptors (Lipinski definition) is 1. The van der Waals surface area contributed by atoms with Gasteiger partial charge in [-0.15, -0.1) is 0 Å². The van der Waals surface area contributed by atoms with Crippen LogP contribution >= 0.6 is 0 Å². The van der Waals surface area contributed by atoms with E-state index in [0.29, 0.717) is 0 Å². The van der Waals surface area contributed by atoms with E-state index < -0.39 is 0 Å². The Kier molecular flexibility index (Phi) is 1.20. The van der Waals surface area contributed by atoms with Crippen molar-refractivity contribution in [3.63, 3.8) is 0 Å². The number of aryl methyl sites for hydroxylation is 1. The molecule has 0 aliphatic rings. The molecule has 0 fully saturated rings. The number of benzene rings is 1. The van der Waals surface area contributed by atoms with Crippen molar-refractivity contribution in [2.24, 2.45) is 0 Å². The van der Waals surface area contributed by atoms with Gasteiger partial charge in [-0.1, -0.05) is 17.7 Å². The van der Waals surface area contributed by atoms with Crippen molar-refractivity contribution in [1.29, 1.82) is 0 Å². The van der Waals surface area contributed by atoms with E-state index in [1.54, 1.807) is 0 Å². The molecule has 0 aliphatic heterocycles. The van der Waals surface area contributed by atoms with Crippen LogP contribution in [0.4, 0.5) is 5.69 Å². The summed E-state index contributed by atoms with van der Waals surface area (Å²) in [6.45, 7) is 2.04. The molecule has 0 saturated heterocycles. The molecule has 0 unspecified atom stereocenters. The fourth-order valence-electron chi connectivity index (χ4n) is 0.566. The summed E-state index contributed by atoms with van der Waals surface area (Å²) < 4.78 is 0. The van der Waals surface area contributed by atoms with E-state index >= 15 is 0 Å². The maximum Gasteiger partial charge on any atom is 0.0314 e. The Bertz CT molecular complexity index is 148. The molecule has 0 radical (unpaired) electrons. The lowest BCUT2D eigenvalue weighted by molar-refractivity contribution is 1.47. The summed E-state index contributed by atoms with van der Waals surface area (Å²) in [4.78, 5) is 0. The lowest BCUT2D eigenvalue weighted by atomic mass is 10.2. The van der Waals surface area contributed by atoms with Crippen molar-refractivity contribution in [3.8, 4) is 0 Å². The summed E-state index contributed by atoms with van der Waals surface area (Å²) in [5.74, 6) is 0. The Morgan fingerprint density at radius 3 is 2.12 bits per heavy atom. The second kappa shape index (κ2) is 1.86. The zero-order valence-corrected chi connectivity index (χ0v) is 4.89. The van der Waals surface area contributed by atoms with Gasteiger partial charge in [0, 0.05) is 5.69 Å². The monoisotopic (exact) mass is 108 g/mol. The minimum absolute atomic E-state index is 0. The SMILES string of the molecule is Cc1ccc(N)cc1.[H-]. The first-order valence-electron chi connectivity index (χ1n) is 2.61. The Morgan fingerprint density at radius 2 is 1.75 bits per heavy atom. The molecule has 0 spiro atoms. The van der Waals surface area contributed by atoms with Gasteiger partial charge >= 0.3 is 0 Å². The maximum atomic E-state index is 5.43. The van der Waals surface area contributed by atoms with E-state index in [4.69, 9.17) is 5.73 Å². The van der Waals surface area contributed by atoms with Crippen molar-refractivity contribution in [1.82, 2.24) is 0 Å². The quantitative estimate of drug-likeness (QED) is 0.503. The number of anilines is 1. The van der Waals surface area contributed by atoms with Gasteiger partial charge in [-0.05, 0) is 19.1 Å². The molecule has 1 aromatic carbocycles. The summed E-state index contributed by atoms with van der Waals surface area (Å²) in [6, 6.07) is 7.79. The molecule has 0 heterocycles. The summed E-state index contributed by atoms with van der Waals surface area (Å²) in [5.41, 5.74) is 7.51. The molecule has 1 heteroatoms. The van der Waals surface area contributed by atoms with Crippen LogP contribution in [0.1, 0.15) is 6.99 Å². The third-order valence-electron chi connectivity index (χ3n) is 1.08. The highest BCUT2D eigenvalue weighted by atomic mass is 14.5. The molecule has 0 saturated carbocycles. The molecule has 1 aromatic rings. The average Bonchev–Trinajstić information content (AvgIpc) is 1.77. The number of nitrogens with two attached hydrogens (primary N) is 1. The minimum atomic E-state index is 0. The van der Waals surface area contributed by atoms with Gasteiger partial charge in [0.05, 0.1) is 0 Å². The molecular formula is C7H10N-. The summed E-state index contributed by atoms with van der Waals surface area (Å²) >= 11 is 0. The Balaban J connectivity index is 0.000000640. The molecule has 8 heavy (non-hydrogen) atoms. The molecule has 0 aliphatic carbocycles. The minimum Gasteiger partial charge on any atom is -1.00 e. The van der Waals surface area contributed by atoms with Crippen molar-refractivity contribution < 1.29 is 1.43 Å². The molecular weight excluding hydrogens is 98.1 g/mol. The standard InChI is InChI=1S/C7H9N.H/c1-6-2-4-7(8)5-3-6;/h2-5H,8H2,1H3;/q;-1. The van der Waals surface area contributed by atoms with Crippen LogP contribution in [0.3, 0.4) is 0 Å². The average molecular weight is 108 g/mol. The van der Waals surface area contributed by atoms with E-state index in [1.165, 1.54) is 5.56 Å². The number of hydrogen-bond donors (Lipinski definition) is 1. The lowest BCUT2D eigenvalue weighted by Crippen LogP contribution is -1.81. The van der Waals surface area contributed by atoms with Gasteiger partial charge < -0.3 is 7.16 Å². The highest BCUT2D eigenvalue weighted by Crippen LogP contribution is 2.02. The smallest absolute Gasteiger partial charge is 0.0314 e. The van der Waals surface area contributed by atoms with E-state index in [1.807, 2.05) is 31.2 Å². The van der Waals surface area contributed by atoms with Crippen LogP contribution in [0.15, 0.2) is 24.3 Å². The van der Waals surface area contributed by atoms with Crippen molar-refractivity contribution in [3.05, 3.63) is 29.8 Å². The van der Waals surface area contributed by atoms with Gasteiger partial charge in [0.15, 0.2) is 0 Å². The van der Waals surface area contributed by atoms with Crippen molar-refractivity contribution in [2.75, 3.05) is 5.73 Å². The van der Waals surface area contributed by atoms with Crippen LogP contribution in [0.2, 0.25) is 0 Å². The predicted octanol–water partition coefficient (Wildman–Crippen LogP) is 1.69. The van der Waals surface area contributed by atoms with Gasteiger partial charge in [-0.3, -0.25) is 0 Å². The van der Waals surface area contributed by atoms with E-state index in [-0.39, 0.29) is 1.43 Å². The lowest BCUT2D eigenvalue weighted by Gasteiger charge is -1.90. The molecule has 2 N–H and O–H groups in total. The molecule has 0 aromatic heterocycles. The first-order chi connectivity index (χ1) is 3.79. The Labute approximate surface area is 50.6 Å². The highest BCUT2D eigenvalue weighted by molar-refractivity contribution is 5.38. The fraction of sp³-hybridized carbons (Fsp3) is 0.143. The highest BCUT2D eigenvalue weighted by Gasteiger charge is 1.80. The summed E-state index contributed by atoms with van der Waals surface area (Å²) in [6.07, 6.45) is 0. The largest absolute Gasteiger partial charge is 1.00 e. The third-order valence-corrected chi connectivity index (χ3v) is 1.08. The first-order valence-corrected chi connectivity index (χ1v) is 2.61. The van der Waals surface area contributed by atoms with Crippen LogP contribution in [-0.2, 0) is 0 Å². The maximum absolute atomic E-state index is 5.43. The van der Waals surface area contributed by atoms with Gasteiger partial charge in [-0.25, -0.2) is 0 Å². The van der Waals surface area contributed by atoms with E-state index in [0.717, 1.165) is 5.69 Å². The molecule has 0 amide bonds. The van der Waals surface area contributed by atoms with Gasteiger partial charge in [0.25, 0.3) is 0 Å². The number of rotatable bonds is 0. The molecule has 1 rings (SSSR count). The molecule has 0 bridgehead atoms. The third kappa shape index (κ3) is 0.997. The second-order valence-electron chi connectivity index (χ2n) is 1.91. The van der Waals surface area contributed by atoms with Crippen molar-refractivity contribution in [2.45, 2.75) is 6.92 Å². The zero-order chi connectivity index (χ0) is 5.98. The van der Waals surface area contributed by atoms with Crippen LogP contribution < -0.4 is 5.73 Å². The first kappa shape index (κ1) is 5.16. The van der Waals surface area contributed by atoms with E-state index in [9.17, 15) is 0 Å². The summed E-state index contributed by atoms with van der Waals surface area (Å²) in [7, 11) is 0. The molecule has 0 atom stereocenters. The fourth-order valence-corrected chi connectivity index (χ4v) is 0.566. The number of nitrogen functional groups attached to an aromatic ring is 1. The zero-order valence-electron chi connectivity index (χ0n) is 5.89. The van der Waals surface area contributed by atoms with Crippen LogP contribution in [-0.4, -0.2) is 0 Å². The van der Waals surface area contributed by atoms with Crippen LogP contribution in [0.5, 0.6) is 0 Å². The second-order valence-corrected chi connectivity index (χ2v) is 1.91. The van der Waals surface area contributed by atoms with E-state index in [2.05, 4.69) is 0 Å². The van der Waals surface area contributed by atoms with Crippen LogP contribution in [0, 0.1) is 6.92 Å². The van der Waals surface area contributed by atoms with Gasteiger partial charge in [-0.2, -0.15) is 0 Å². The van der Waals surface area contributed by atoms with Gasteiger partial charge in [0.2, 0.25) is 0 Å². The molecule has 44 valence electrons. The van der Waals surface area contributed by atoms with Gasteiger partial charge in [0.1, 0.15) is 0 Å². The Morgan fingerprint density at radius 1 is 1.25 bits per heavy atom.